The first-order valence-corrected chi connectivity index (χ1v) is 6.58. The first-order valence-electron chi connectivity index (χ1n) is 6.58. The Labute approximate surface area is 115 Å². The van der Waals surface area contributed by atoms with Gasteiger partial charge in [0.15, 0.2) is 0 Å². The Morgan fingerprint density at radius 3 is 2.42 bits per heavy atom. The molecular formula is C15H24FNO2. The summed E-state index contributed by atoms with van der Waals surface area (Å²) in [5, 5.41) is 3.46. The van der Waals surface area contributed by atoms with Gasteiger partial charge in [0.1, 0.15) is 11.6 Å². The van der Waals surface area contributed by atoms with Crippen LogP contribution < -0.4 is 10.1 Å². The van der Waals surface area contributed by atoms with E-state index in [1.165, 1.54) is 12.1 Å². The van der Waals surface area contributed by atoms with Gasteiger partial charge in [-0.25, -0.2) is 4.39 Å². The van der Waals surface area contributed by atoms with Crippen LogP contribution in [0.1, 0.15) is 32.4 Å². The number of hydrogen-bond donors (Lipinski definition) is 1. The number of rotatable bonds is 7. The Morgan fingerprint density at radius 1 is 1.21 bits per heavy atom. The molecule has 0 fully saturated rings. The number of halogens is 1. The molecule has 108 valence electrons. The maximum Gasteiger partial charge on any atom is 0.123 e. The van der Waals surface area contributed by atoms with Crippen LogP contribution in [0.2, 0.25) is 0 Å². The van der Waals surface area contributed by atoms with Gasteiger partial charge < -0.3 is 14.8 Å². The lowest BCUT2D eigenvalue weighted by atomic mass is 10.0. The number of nitrogens with one attached hydrogen (secondary N) is 1. The van der Waals surface area contributed by atoms with Crippen molar-refractivity contribution in [1.82, 2.24) is 5.32 Å². The maximum atomic E-state index is 13.4. The summed E-state index contributed by atoms with van der Waals surface area (Å²) in [4.78, 5) is 0. The smallest absolute Gasteiger partial charge is 0.123 e. The van der Waals surface area contributed by atoms with Crippen LogP contribution in [0.3, 0.4) is 0 Å². The number of methoxy groups -OCH3 is 2. The average molecular weight is 269 g/mol. The predicted molar refractivity (Wildman–Crippen MR) is 75.0 cm³/mol. The van der Waals surface area contributed by atoms with Crippen LogP contribution in [0, 0.1) is 11.7 Å². The molecule has 3 nitrogen and oxygen atoms in total. The first-order chi connectivity index (χ1) is 8.99. The highest BCUT2D eigenvalue weighted by Crippen LogP contribution is 2.26. The minimum absolute atomic E-state index is 0.00630. The van der Waals surface area contributed by atoms with Crippen molar-refractivity contribution in [2.75, 3.05) is 20.8 Å². The van der Waals surface area contributed by atoms with Crippen molar-refractivity contribution >= 4 is 0 Å². The second-order valence-electron chi connectivity index (χ2n) is 5.08. The Morgan fingerprint density at radius 2 is 1.89 bits per heavy atom. The molecule has 0 aromatic heterocycles. The van der Waals surface area contributed by atoms with Crippen molar-refractivity contribution in [3.05, 3.63) is 29.6 Å². The second-order valence-corrected chi connectivity index (χ2v) is 5.08. The second kappa shape index (κ2) is 7.46. The molecule has 0 saturated carbocycles. The third-order valence-corrected chi connectivity index (χ3v) is 3.27. The topological polar surface area (TPSA) is 30.5 Å². The summed E-state index contributed by atoms with van der Waals surface area (Å²) in [6.07, 6.45) is 0. The lowest BCUT2D eigenvalue weighted by molar-refractivity contribution is 0.141. The molecule has 1 aromatic rings. The van der Waals surface area contributed by atoms with Gasteiger partial charge in [-0.3, -0.25) is 0 Å². The minimum atomic E-state index is -0.253. The Bertz CT molecular complexity index is 396. The van der Waals surface area contributed by atoms with Crippen LogP contribution in [0.5, 0.6) is 5.75 Å². The zero-order chi connectivity index (χ0) is 14.4. The molecule has 2 atom stereocenters. The molecule has 0 heterocycles. The van der Waals surface area contributed by atoms with Gasteiger partial charge in [-0.1, -0.05) is 13.8 Å². The van der Waals surface area contributed by atoms with E-state index >= 15 is 0 Å². The summed E-state index contributed by atoms with van der Waals surface area (Å²) in [6.45, 7) is 6.89. The third kappa shape index (κ3) is 4.48. The zero-order valence-corrected chi connectivity index (χ0v) is 12.4. The van der Waals surface area contributed by atoms with Crippen molar-refractivity contribution in [2.24, 2.45) is 5.92 Å². The van der Waals surface area contributed by atoms with Gasteiger partial charge in [0.25, 0.3) is 0 Å². The van der Waals surface area contributed by atoms with Crippen molar-refractivity contribution in [3.63, 3.8) is 0 Å². The molecular weight excluding hydrogens is 245 g/mol. The van der Waals surface area contributed by atoms with Crippen LogP contribution in [0.25, 0.3) is 0 Å². The monoisotopic (exact) mass is 269 g/mol. The van der Waals surface area contributed by atoms with Crippen LogP contribution in [-0.2, 0) is 4.74 Å². The van der Waals surface area contributed by atoms with Gasteiger partial charge in [-0.05, 0) is 31.0 Å². The average Bonchev–Trinajstić information content (AvgIpc) is 2.37. The van der Waals surface area contributed by atoms with Gasteiger partial charge in [0, 0.05) is 24.8 Å². The molecule has 0 radical (unpaired) electrons. The van der Waals surface area contributed by atoms with Crippen LogP contribution in [-0.4, -0.2) is 26.9 Å². The number of hydrogen-bond acceptors (Lipinski definition) is 3. The number of benzene rings is 1. The summed E-state index contributed by atoms with van der Waals surface area (Å²) >= 11 is 0. The van der Waals surface area contributed by atoms with Gasteiger partial charge in [-0.15, -0.1) is 0 Å². The first kappa shape index (κ1) is 15.9. The highest BCUT2D eigenvalue weighted by atomic mass is 19.1. The van der Waals surface area contributed by atoms with Gasteiger partial charge in [-0.2, -0.15) is 0 Å². The molecule has 0 saturated heterocycles. The molecule has 0 aliphatic heterocycles. The lowest BCUT2D eigenvalue weighted by Crippen LogP contribution is -2.39. The Kier molecular flexibility index (Phi) is 6.25. The van der Waals surface area contributed by atoms with E-state index in [1.807, 2.05) is 6.92 Å². The van der Waals surface area contributed by atoms with E-state index in [9.17, 15) is 4.39 Å². The van der Waals surface area contributed by atoms with E-state index in [0.29, 0.717) is 18.3 Å². The summed E-state index contributed by atoms with van der Waals surface area (Å²) in [6, 6.07) is 4.79. The van der Waals surface area contributed by atoms with E-state index in [1.54, 1.807) is 20.3 Å². The van der Waals surface area contributed by atoms with E-state index in [4.69, 9.17) is 9.47 Å². The normalized spacial score (nSPS) is 14.5. The van der Waals surface area contributed by atoms with Crippen molar-refractivity contribution in [1.29, 1.82) is 0 Å². The summed E-state index contributed by atoms with van der Waals surface area (Å²) in [5.74, 6) is 0.876. The van der Waals surface area contributed by atoms with Crippen molar-refractivity contribution in [2.45, 2.75) is 32.9 Å². The Hall–Kier alpha value is -1.13. The molecule has 2 unspecified atom stereocenters. The zero-order valence-electron chi connectivity index (χ0n) is 12.4. The molecule has 0 spiro atoms. The fourth-order valence-corrected chi connectivity index (χ4v) is 2.07. The molecule has 0 amide bonds. The van der Waals surface area contributed by atoms with E-state index < -0.39 is 0 Å². The molecule has 1 rings (SSSR count). The third-order valence-electron chi connectivity index (χ3n) is 3.27. The van der Waals surface area contributed by atoms with Crippen LogP contribution >= 0.6 is 0 Å². The maximum absolute atomic E-state index is 13.4. The van der Waals surface area contributed by atoms with Gasteiger partial charge in [0.2, 0.25) is 0 Å². The molecule has 1 aromatic carbocycles. The van der Waals surface area contributed by atoms with E-state index in [-0.39, 0.29) is 17.9 Å². The minimum Gasteiger partial charge on any atom is -0.496 e. The summed E-state index contributed by atoms with van der Waals surface area (Å²) in [7, 11) is 3.28. The summed E-state index contributed by atoms with van der Waals surface area (Å²) < 4.78 is 23.9. The van der Waals surface area contributed by atoms with Crippen LogP contribution in [0.4, 0.5) is 4.39 Å². The van der Waals surface area contributed by atoms with Gasteiger partial charge in [0.05, 0.1) is 13.7 Å². The Balaban J connectivity index is 2.86. The summed E-state index contributed by atoms with van der Waals surface area (Å²) in [5.41, 5.74) is 0.823. The standard InChI is InChI=1S/C15H24FNO2/c1-10(2)14(9-18-4)17-11(3)13-8-12(16)6-7-15(13)19-5/h6-8,10-11,14,17H,9H2,1-5H3. The fraction of sp³-hybridized carbons (Fsp3) is 0.600. The van der Waals surface area contributed by atoms with Crippen molar-refractivity contribution in [3.8, 4) is 5.75 Å². The SMILES string of the molecule is COCC(NC(C)c1cc(F)ccc1OC)C(C)C. The van der Waals surface area contributed by atoms with E-state index in [2.05, 4.69) is 19.2 Å². The lowest BCUT2D eigenvalue weighted by Gasteiger charge is -2.27. The number of ether oxygens (including phenoxy) is 2. The molecule has 0 aliphatic carbocycles. The largest absolute Gasteiger partial charge is 0.496 e. The molecule has 0 aliphatic rings. The van der Waals surface area contributed by atoms with Crippen LogP contribution in [0.15, 0.2) is 18.2 Å². The molecule has 4 heteroatoms. The van der Waals surface area contributed by atoms with Gasteiger partial charge >= 0.3 is 0 Å². The molecule has 1 N–H and O–H groups in total. The highest BCUT2D eigenvalue weighted by molar-refractivity contribution is 5.36. The fourth-order valence-electron chi connectivity index (χ4n) is 2.07. The van der Waals surface area contributed by atoms with Crippen molar-refractivity contribution < 1.29 is 13.9 Å². The molecule has 0 bridgehead atoms. The molecule has 19 heavy (non-hydrogen) atoms. The van der Waals surface area contributed by atoms with E-state index in [0.717, 1.165) is 5.56 Å². The highest BCUT2D eigenvalue weighted by Gasteiger charge is 2.19. The quantitative estimate of drug-likeness (QED) is 0.825. The predicted octanol–water partition coefficient (Wildman–Crippen LogP) is 3.16.